The predicted molar refractivity (Wildman–Crippen MR) is 88.6 cm³/mol. The number of anilines is 1. The maximum Gasteiger partial charge on any atom is 0.214 e. The first-order valence-corrected chi connectivity index (χ1v) is 9.43. The first-order valence-electron chi connectivity index (χ1n) is 7.28. The summed E-state index contributed by atoms with van der Waals surface area (Å²) in [5.41, 5.74) is 2.42. The van der Waals surface area contributed by atoms with Gasteiger partial charge in [-0.25, -0.2) is 8.42 Å². The molecule has 0 radical (unpaired) electrons. The normalized spacial score (nSPS) is 18.7. The van der Waals surface area contributed by atoms with E-state index in [1.54, 1.807) is 4.31 Å². The van der Waals surface area contributed by atoms with Gasteiger partial charge in [0.15, 0.2) is 0 Å². The van der Waals surface area contributed by atoms with E-state index in [1.807, 2.05) is 19.1 Å². The van der Waals surface area contributed by atoms with Crippen LogP contribution in [0, 0.1) is 12.8 Å². The van der Waals surface area contributed by atoms with E-state index in [1.165, 1.54) is 11.3 Å². The smallest absolute Gasteiger partial charge is 0.214 e. The van der Waals surface area contributed by atoms with Gasteiger partial charge in [-0.1, -0.05) is 25.1 Å². The third kappa shape index (κ3) is 4.11. The number of para-hydroxylation sites is 1. The Morgan fingerprint density at radius 3 is 2.38 bits per heavy atom. The minimum Gasteiger partial charge on any atom is -0.369 e. The number of hydrogen-bond donors (Lipinski definition) is 0. The number of rotatable bonds is 5. The number of aryl methyl sites for hydroxylation is 1. The number of piperazine rings is 1. The van der Waals surface area contributed by atoms with Gasteiger partial charge in [0.2, 0.25) is 10.0 Å². The molecule has 1 aliphatic heterocycles. The van der Waals surface area contributed by atoms with Gasteiger partial charge in [-0.15, -0.1) is 11.6 Å². The van der Waals surface area contributed by atoms with E-state index in [9.17, 15) is 8.42 Å². The highest BCUT2D eigenvalue weighted by molar-refractivity contribution is 7.89. The molecule has 4 nitrogen and oxygen atoms in total. The van der Waals surface area contributed by atoms with Gasteiger partial charge < -0.3 is 4.90 Å². The molecule has 1 unspecified atom stereocenters. The van der Waals surface area contributed by atoms with Crippen LogP contribution in [-0.4, -0.2) is 50.5 Å². The van der Waals surface area contributed by atoms with E-state index in [4.69, 9.17) is 11.6 Å². The Morgan fingerprint density at radius 1 is 1.19 bits per heavy atom. The second-order valence-corrected chi connectivity index (χ2v) is 8.03. The molecule has 0 saturated carbocycles. The molecule has 0 N–H and O–H groups in total. The lowest BCUT2D eigenvalue weighted by Crippen LogP contribution is -2.50. The summed E-state index contributed by atoms with van der Waals surface area (Å²) < 4.78 is 26.2. The number of alkyl halides is 1. The van der Waals surface area contributed by atoms with E-state index >= 15 is 0 Å². The van der Waals surface area contributed by atoms with E-state index in [2.05, 4.69) is 24.0 Å². The van der Waals surface area contributed by atoms with Crippen LogP contribution in [0.1, 0.15) is 12.5 Å². The summed E-state index contributed by atoms with van der Waals surface area (Å²) in [6.45, 7) is 6.52. The van der Waals surface area contributed by atoms with Crippen molar-refractivity contribution in [3.8, 4) is 0 Å². The van der Waals surface area contributed by atoms with Crippen LogP contribution in [0.3, 0.4) is 0 Å². The average Bonchev–Trinajstić information content (AvgIpc) is 2.47. The van der Waals surface area contributed by atoms with E-state index in [0.29, 0.717) is 19.0 Å². The molecule has 21 heavy (non-hydrogen) atoms. The van der Waals surface area contributed by atoms with Crippen molar-refractivity contribution >= 4 is 27.3 Å². The molecule has 1 aromatic rings. The van der Waals surface area contributed by atoms with Crippen molar-refractivity contribution in [2.24, 2.45) is 5.92 Å². The van der Waals surface area contributed by atoms with Crippen LogP contribution in [0.5, 0.6) is 0 Å². The topological polar surface area (TPSA) is 40.6 Å². The van der Waals surface area contributed by atoms with Crippen molar-refractivity contribution in [1.82, 2.24) is 4.31 Å². The molecule has 1 saturated heterocycles. The van der Waals surface area contributed by atoms with Crippen LogP contribution >= 0.6 is 11.6 Å². The monoisotopic (exact) mass is 330 g/mol. The highest BCUT2D eigenvalue weighted by Gasteiger charge is 2.28. The van der Waals surface area contributed by atoms with Gasteiger partial charge in [0.05, 0.1) is 5.75 Å². The summed E-state index contributed by atoms with van der Waals surface area (Å²) in [5, 5.41) is 0. The molecule has 0 spiro atoms. The maximum absolute atomic E-state index is 12.3. The van der Waals surface area contributed by atoms with Gasteiger partial charge in [-0.05, 0) is 24.5 Å². The zero-order valence-electron chi connectivity index (χ0n) is 12.6. The first-order chi connectivity index (χ1) is 9.94. The van der Waals surface area contributed by atoms with Gasteiger partial charge in [0.25, 0.3) is 0 Å². The largest absolute Gasteiger partial charge is 0.369 e. The fourth-order valence-electron chi connectivity index (χ4n) is 2.63. The molecule has 1 heterocycles. The van der Waals surface area contributed by atoms with Crippen LogP contribution in [0.15, 0.2) is 24.3 Å². The summed E-state index contributed by atoms with van der Waals surface area (Å²) >= 11 is 5.73. The fraction of sp³-hybridized carbons (Fsp3) is 0.600. The molecule has 0 bridgehead atoms. The number of nitrogens with zero attached hydrogens (tertiary/aromatic N) is 2. The van der Waals surface area contributed by atoms with Gasteiger partial charge in [0.1, 0.15) is 0 Å². The summed E-state index contributed by atoms with van der Waals surface area (Å²) in [6.07, 6.45) is 0. The van der Waals surface area contributed by atoms with Crippen LogP contribution in [0.4, 0.5) is 5.69 Å². The second kappa shape index (κ2) is 6.99. The predicted octanol–water partition coefficient (Wildman–Crippen LogP) is 2.32. The molecule has 1 atom stereocenters. The number of halogens is 1. The Balaban J connectivity index is 1.99. The summed E-state index contributed by atoms with van der Waals surface area (Å²) in [6, 6.07) is 8.22. The number of sulfonamides is 1. The summed E-state index contributed by atoms with van der Waals surface area (Å²) in [4.78, 5) is 2.26. The molecule has 0 aromatic heterocycles. The highest BCUT2D eigenvalue weighted by Crippen LogP contribution is 2.22. The molecule has 1 aromatic carbocycles. The zero-order valence-corrected chi connectivity index (χ0v) is 14.2. The molecule has 0 amide bonds. The molecular formula is C15H23ClN2O2S. The zero-order chi connectivity index (χ0) is 15.5. The molecular weight excluding hydrogens is 308 g/mol. The lowest BCUT2D eigenvalue weighted by Gasteiger charge is -2.36. The highest BCUT2D eigenvalue weighted by atomic mass is 35.5. The average molecular weight is 331 g/mol. The minimum absolute atomic E-state index is 0.00827. The van der Waals surface area contributed by atoms with Crippen LogP contribution < -0.4 is 4.90 Å². The maximum atomic E-state index is 12.3. The Kier molecular flexibility index (Phi) is 5.52. The van der Waals surface area contributed by atoms with E-state index in [-0.39, 0.29) is 11.7 Å². The van der Waals surface area contributed by atoms with E-state index < -0.39 is 10.0 Å². The van der Waals surface area contributed by atoms with Crippen molar-refractivity contribution in [2.45, 2.75) is 13.8 Å². The lowest BCUT2D eigenvalue weighted by atomic mass is 10.1. The van der Waals surface area contributed by atoms with Gasteiger partial charge >= 0.3 is 0 Å². The standard InChI is InChI=1S/C15H23ClN2O2S/c1-13(11-16)12-21(19,20)18-9-7-17(8-10-18)15-6-4-3-5-14(15)2/h3-6,13H,7-12H2,1-2H3. The van der Waals surface area contributed by atoms with Crippen LogP contribution in [-0.2, 0) is 10.0 Å². The number of benzene rings is 1. The summed E-state index contributed by atoms with van der Waals surface area (Å²) in [5.74, 6) is 0.509. The molecule has 118 valence electrons. The third-order valence-electron chi connectivity index (χ3n) is 3.85. The van der Waals surface area contributed by atoms with Crippen molar-refractivity contribution in [2.75, 3.05) is 42.7 Å². The molecule has 0 aliphatic carbocycles. The molecule has 1 aliphatic rings. The van der Waals surface area contributed by atoms with Crippen molar-refractivity contribution in [3.63, 3.8) is 0 Å². The lowest BCUT2D eigenvalue weighted by molar-refractivity contribution is 0.382. The van der Waals surface area contributed by atoms with Crippen molar-refractivity contribution in [1.29, 1.82) is 0 Å². The van der Waals surface area contributed by atoms with Crippen LogP contribution in [0.25, 0.3) is 0 Å². The van der Waals surface area contributed by atoms with Crippen LogP contribution in [0.2, 0.25) is 0 Å². The second-order valence-electron chi connectivity index (χ2n) is 5.71. The quantitative estimate of drug-likeness (QED) is 0.778. The first kappa shape index (κ1) is 16.6. The fourth-order valence-corrected chi connectivity index (χ4v) is 4.64. The minimum atomic E-state index is -3.19. The van der Waals surface area contributed by atoms with Gasteiger partial charge in [0, 0.05) is 37.7 Å². The molecule has 6 heteroatoms. The third-order valence-corrected chi connectivity index (χ3v) is 6.52. The Bertz CT molecular complexity index is 569. The Hall–Kier alpha value is -0.780. The van der Waals surface area contributed by atoms with Crippen molar-refractivity contribution in [3.05, 3.63) is 29.8 Å². The summed E-state index contributed by atoms with van der Waals surface area (Å²) in [7, 11) is -3.19. The Labute approximate surface area is 132 Å². The molecule has 1 fully saturated rings. The van der Waals surface area contributed by atoms with Crippen molar-refractivity contribution < 1.29 is 8.42 Å². The van der Waals surface area contributed by atoms with E-state index in [0.717, 1.165) is 13.1 Å². The van der Waals surface area contributed by atoms with Gasteiger partial charge in [-0.3, -0.25) is 0 Å². The number of hydrogen-bond acceptors (Lipinski definition) is 3. The molecule has 2 rings (SSSR count). The SMILES string of the molecule is Cc1ccccc1N1CCN(S(=O)(=O)CC(C)CCl)CC1. The van der Waals surface area contributed by atoms with Gasteiger partial charge in [-0.2, -0.15) is 4.31 Å². The Morgan fingerprint density at radius 2 is 1.81 bits per heavy atom.